The van der Waals surface area contributed by atoms with E-state index < -0.39 is 0 Å². The van der Waals surface area contributed by atoms with E-state index in [4.69, 9.17) is 11.6 Å². The van der Waals surface area contributed by atoms with Crippen LogP contribution in [0.3, 0.4) is 0 Å². The van der Waals surface area contributed by atoms with E-state index in [0.717, 1.165) is 27.5 Å². The summed E-state index contributed by atoms with van der Waals surface area (Å²) in [6.45, 7) is 1.81. The molecule has 1 N–H and O–H groups in total. The lowest BCUT2D eigenvalue weighted by Gasteiger charge is -2.03. The number of halogens is 1. The third kappa shape index (κ3) is 3.91. The number of aromatic nitrogens is 1. The number of allylic oxidation sites excluding steroid dienone is 1. The first kappa shape index (κ1) is 16.4. The van der Waals surface area contributed by atoms with Crippen molar-refractivity contribution in [2.24, 2.45) is 0 Å². The Morgan fingerprint density at radius 2 is 1.75 bits per heavy atom. The van der Waals surface area contributed by atoms with Crippen LogP contribution in [0.1, 0.15) is 6.92 Å². The number of hydrogen-bond donors (Lipinski definition) is 1. The first-order chi connectivity index (χ1) is 11.7. The highest BCUT2D eigenvalue weighted by molar-refractivity contribution is 7.13. The minimum atomic E-state index is -0.135. The van der Waals surface area contributed by atoms with E-state index in [0.29, 0.717) is 5.02 Å². The molecular weight excluding hydrogens is 340 g/mol. The third-order valence-corrected chi connectivity index (χ3v) is 4.50. The van der Waals surface area contributed by atoms with Crippen LogP contribution in [0.15, 0.2) is 66.1 Å². The van der Waals surface area contributed by atoms with Crippen LogP contribution in [0, 0.1) is 0 Å². The number of rotatable bonds is 4. The second-order valence-corrected chi connectivity index (χ2v) is 6.41. The molecule has 0 spiro atoms. The highest BCUT2D eigenvalue weighted by atomic mass is 35.5. The SMILES string of the molecule is C/C=C/C(=O)Nc1ccc(-c2csc(-c3ccc(Cl)cc3)n2)cc1. The number of nitrogens with one attached hydrogen (secondary N) is 1. The molecule has 3 aromatic rings. The Morgan fingerprint density at radius 3 is 2.42 bits per heavy atom. The van der Waals surface area contributed by atoms with Crippen molar-refractivity contribution in [3.8, 4) is 21.8 Å². The van der Waals surface area contributed by atoms with Crippen molar-refractivity contribution in [1.29, 1.82) is 0 Å². The van der Waals surface area contributed by atoms with E-state index in [1.807, 2.05) is 60.8 Å². The quantitative estimate of drug-likeness (QED) is 0.615. The van der Waals surface area contributed by atoms with E-state index in [9.17, 15) is 4.79 Å². The predicted octanol–water partition coefficient (Wildman–Crippen LogP) is 5.65. The Hall–Kier alpha value is -2.43. The van der Waals surface area contributed by atoms with Crippen molar-refractivity contribution in [2.75, 3.05) is 5.32 Å². The normalized spacial score (nSPS) is 10.9. The Balaban J connectivity index is 1.77. The van der Waals surface area contributed by atoms with Crippen molar-refractivity contribution >= 4 is 34.5 Å². The molecule has 1 amide bonds. The number of carbonyl (C=O) groups excluding carboxylic acids is 1. The molecule has 0 fully saturated rings. The second-order valence-electron chi connectivity index (χ2n) is 5.11. The molecule has 0 bridgehead atoms. The standard InChI is InChI=1S/C19H15ClN2OS/c1-2-3-18(23)21-16-10-6-13(7-11-16)17-12-24-19(22-17)14-4-8-15(20)9-5-14/h2-12H,1H3,(H,21,23)/b3-2+. The van der Waals surface area contributed by atoms with Gasteiger partial charge in [0.05, 0.1) is 5.69 Å². The molecule has 2 aromatic carbocycles. The number of hydrogen-bond acceptors (Lipinski definition) is 3. The minimum absolute atomic E-state index is 0.135. The van der Waals surface area contributed by atoms with Crippen LogP contribution in [0.25, 0.3) is 21.8 Å². The lowest BCUT2D eigenvalue weighted by Crippen LogP contribution is -2.07. The van der Waals surface area contributed by atoms with Crippen molar-refractivity contribution in [2.45, 2.75) is 6.92 Å². The zero-order valence-corrected chi connectivity index (χ0v) is 14.6. The molecule has 0 atom stereocenters. The van der Waals surface area contributed by atoms with Gasteiger partial charge in [0.25, 0.3) is 0 Å². The summed E-state index contributed by atoms with van der Waals surface area (Å²) in [5.41, 5.74) is 3.73. The van der Waals surface area contributed by atoms with E-state index in [1.54, 1.807) is 17.4 Å². The fourth-order valence-electron chi connectivity index (χ4n) is 2.19. The van der Waals surface area contributed by atoms with Crippen LogP contribution in [0.5, 0.6) is 0 Å². The van der Waals surface area contributed by atoms with Gasteiger partial charge in [-0.3, -0.25) is 4.79 Å². The van der Waals surface area contributed by atoms with Gasteiger partial charge < -0.3 is 5.32 Å². The number of anilines is 1. The van der Waals surface area contributed by atoms with E-state index in [2.05, 4.69) is 10.3 Å². The molecule has 24 heavy (non-hydrogen) atoms. The van der Waals surface area contributed by atoms with Gasteiger partial charge in [0.2, 0.25) is 5.91 Å². The van der Waals surface area contributed by atoms with Gasteiger partial charge in [-0.2, -0.15) is 0 Å². The summed E-state index contributed by atoms with van der Waals surface area (Å²) in [5, 5.41) is 6.49. The van der Waals surface area contributed by atoms with E-state index >= 15 is 0 Å². The van der Waals surface area contributed by atoms with Gasteiger partial charge in [-0.05, 0) is 37.3 Å². The smallest absolute Gasteiger partial charge is 0.248 e. The summed E-state index contributed by atoms with van der Waals surface area (Å²) < 4.78 is 0. The molecule has 120 valence electrons. The topological polar surface area (TPSA) is 42.0 Å². The molecule has 0 saturated carbocycles. The number of benzene rings is 2. The van der Waals surface area contributed by atoms with Crippen LogP contribution < -0.4 is 5.32 Å². The predicted molar refractivity (Wildman–Crippen MR) is 101 cm³/mol. The van der Waals surface area contributed by atoms with Gasteiger partial charge in [0.1, 0.15) is 5.01 Å². The van der Waals surface area contributed by atoms with Gasteiger partial charge in [-0.15, -0.1) is 11.3 Å². The molecule has 0 aliphatic heterocycles. The molecule has 3 rings (SSSR count). The van der Waals surface area contributed by atoms with Gasteiger partial charge in [0.15, 0.2) is 0 Å². The summed E-state index contributed by atoms with van der Waals surface area (Å²) >= 11 is 7.51. The molecule has 0 unspecified atom stereocenters. The first-order valence-corrected chi connectivity index (χ1v) is 8.67. The van der Waals surface area contributed by atoms with Crippen LogP contribution >= 0.6 is 22.9 Å². The Bertz CT molecular complexity index is 867. The zero-order valence-electron chi connectivity index (χ0n) is 13.0. The average Bonchev–Trinajstić information content (AvgIpc) is 3.06. The maximum Gasteiger partial charge on any atom is 0.248 e. The largest absolute Gasteiger partial charge is 0.323 e. The van der Waals surface area contributed by atoms with E-state index in [1.165, 1.54) is 6.08 Å². The fraction of sp³-hybridized carbons (Fsp3) is 0.0526. The summed E-state index contributed by atoms with van der Waals surface area (Å²) in [5.74, 6) is -0.135. The number of thiazole rings is 1. The lowest BCUT2D eigenvalue weighted by atomic mass is 10.1. The average molecular weight is 355 g/mol. The monoisotopic (exact) mass is 354 g/mol. The van der Waals surface area contributed by atoms with Crippen LogP contribution in [-0.2, 0) is 4.79 Å². The number of amides is 1. The van der Waals surface area contributed by atoms with Crippen molar-refractivity contribution in [3.05, 3.63) is 71.1 Å². The minimum Gasteiger partial charge on any atom is -0.323 e. The molecule has 3 nitrogen and oxygen atoms in total. The van der Waals surface area contributed by atoms with Crippen LogP contribution in [-0.4, -0.2) is 10.9 Å². The highest BCUT2D eigenvalue weighted by Crippen LogP contribution is 2.30. The number of nitrogens with zero attached hydrogens (tertiary/aromatic N) is 1. The maximum atomic E-state index is 11.5. The van der Waals surface area contributed by atoms with Crippen molar-refractivity contribution in [3.63, 3.8) is 0 Å². The Morgan fingerprint density at radius 1 is 1.08 bits per heavy atom. The van der Waals surface area contributed by atoms with Gasteiger partial charge in [-0.25, -0.2) is 4.98 Å². The van der Waals surface area contributed by atoms with Gasteiger partial charge in [-0.1, -0.05) is 41.9 Å². The second kappa shape index (κ2) is 7.43. The summed E-state index contributed by atoms with van der Waals surface area (Å²) in [6.07, 6.45) is 3.20. The highest BCUT2D eigenvalue weighted by Gasteiger charge is 2.07. The molecule has 0 radical (unpaired) electrons. The summed E-state index contributed by atoms with van der Waals surface area (Å²) in [7, 11) is 0. The first-order valence-electron chi connectivity index (χ1n) is 7.41. The van der Waals surface area contributed by atoms with Crippen molar-refractivity contribution in [1.82, 2.24) is 4.98 Å². The fourth-order valence-corrected chi connectivity index (χ4v) is 3.15. The molecule has 0 aliphatic carbocycles. The Labute approximate surface area is 149 Å². The van der Waals surface area contributed by atoms with Crippen LogP contribution in [0.2, 0.25) is 5.02 Å². The molecule has 0 aliphatic rings. The van der Waals surface area contributed by atoms with Crippen molar-refractivity contribution < 1.29 is 4.79 Å². The third-order valence-electron chi connectivity index (χ3n) is 3.36. The summed E-state index contributed by atoms with van der Waals surface area (Å²) in [4.78, 5) is 16.2. The summed E-state index contributed by atoms with van der Waals surface area (Å²) in [6, 6.07) is 15.3. The molecule has 5 heteroatoms. The zero-order chi connectivity index (χ0) is 16.9. The van der Waals surface area contributed by atoms with E-state index in [-0.39, 0.29) is 5.91 Å². The lowest BCUT2D eigenvalue weighted by molar-refractivity contribution is -0.111. The van der Waals surface area contributed by atoms with Gasteiger partial charge in [0, 0.05) is 27.2 Å². The van der Waals surface area contributed by atoms with Crippen LogP contribution in [0.4, 0.5) is 5.69 Å². The molecule has 0 saturated heterocycles. The molecule has 1 heterocycles. The Kier molecular flexibility index (Phi) is 5.08. The molecular formula is C19H15ClN2OS. The molecule has 1 aromatic heterocycles. The van der Waals surface area contributed by atoms with Gasteiger partial charge >= 0.3 is 0 Å². The number of carbonyl (C=O) groups is 1. The maximum absolute atomic E-state index is 11.5.